The zero-order valence-electron chi connectivity index (χ0n) is 14.8. The van der Waals surface area contributed by atoms with Gasteiger partial charge < -0.3 is 10.0 Å². The molecule has 1 N–H and O–H groups in total. The smallest absolute Gasteiger partial charge is 0.326 e. The first-order valence-electron chi connectivity index (χ1n) is 9.03. The summed E-state index contributed by atoms with van der Waals surface area (Å²) in [5.74, 6) is -0.937. The molecule has 1 unspecified atom stereocenters. The number of unbranched alkanes of at least 4 members (excludes halogenated alkanes) is 8. The first-order valence-corrected chi connectivity index (χ1v) is 9.03. The molecular weight excluding hydrogens is 278 g/mol. The molecule has 4 heteroatoms. The fraction of sp³-hybridized carbons (Fsp3) is 0.889. The first kappa shape index (κ1) is 20.9. The van der Waals surface area contributed by atoms with Crippen molar-refractivity contribution in [3.8, 4) is 0 Å². The lowest BCUT2D eigenvalue weighted by Gasteiger charge is -2.24. The van der Waals surface area contributed by atoms with Gasteiger partial charge in [0.1, 0.15) is 6.04 Å². The summed E-state index contributed by atoms with van der Waals surface area (Å²) >= 11 is 0. The molecule has 0 aliphatic heterocycles. The van der Waals surface area contributed by atoms with Crippen LogP contribution in [0.2, 0.25) is 0 Å². The quantitative estimate of drug-likeness (QED) is 0.476. The third-order valence-electron chi connectivity index (χ3n) is 4.20. The summed E-state index contributed by atoms with van der Waals surface area (Å²) in [6.07, 6.45) is 12.7. The van der Waals surface area contributed by atoms with Crippen LogP contribution in [0.5, 0.6) is 0 Å². The molecule has 0 saturated heterocycles. The zero-order valence-corrected chi connectivity index (χ0v) is 14.8. The van der Waals surface area contributed by atoms with Gasteiger partial charge in [0.05, 0.1) is 0 Å². The van der Waals surface area contributed by atoms with E-state index in [-0.39, 0.29) is 5.91 Å². The third-order valence-corrected chi connectivity index (χ3v) is 4.20. The molecule has 1 atom stereocenters. The Morgan fingerprint density at radius 2 is 1.36 bits per heavy atom. The van der Waals surface area contributed by atoms with Gasteiger partial charge in [0.15, 0.2) is 0 Å². The molecule has 0 aromatic carbocycles. The van der Waals surface area contributed by atoms with Gasteiger partial charge in [-0.1, -0.05) is 71.6 Å². The Hall–Kier alpha value is -1.06. The van der Waals surface area contributed by atoms with Crippen molar-refractivity contribution >= 4 is 11.9 Å². The molecule has 0 spiro atoms. The minimum atomic E-state index is -0.898. The van der Waals surface area contributed by atoms with Crippen LogP contribution >= 0.6 is 0 Å². The normalized spacial score (nSPS) is 12.1. The molecule has 0 rings (SSSR count). The van der Waals surface area contributed by atoms with Crippen LogP contribution in [-0.2, 0) is 9.59 Å². The number of likely N-dealkylation sites (N-methyl/N-ethyl adjacent to an activating group) is 1. The molecule has 0 radical (unpaired) electrons. The second-order valence-corrected chi connectivity index (χ2v) is 6.23. The zero-order chi connectivity index (χ0) is 16.8. The van der Waals surface area contributed by atoms with Crippen molar-refractivity contribution in [3.63, 3.8) is 0 Å². The predicted molar refractivity (Wildman–Crippen MR) is 90.9 cm³/mol. The van der Waals surface area contributed by atoms with Gasteiger partial charge >= 0.3 is 5.97 Å². The topological polar surface area (TPSA) is 57.6 Å². The summed E-state index contributed by atoms with van der Waals surface area (Å²) in [5, 5.41) is 9.16. The van der Waals surface area contributed by atoms with E-state index in [1.54, 1.807) is 7.05 Å². The van der Waals surface area contributed by atoms with E-state index in [0.29, 0.717) is 12.8 Å². The van der Waals surface area contributed by atoms with Crippen molar-refractivity contribution in [1.82, 2.24) is 4.90 Å². The maximum atomic E-state index is 12.0. The number of amides is 1. The molecule has 0 aromatic rings. The Labute approximate surface area is 136 Å². The van der Waals surface area contributed by atoms with Crippen LogP contribution in [0.25, 0.3) is 0 Å². The molecular formula is C18H35NO3. The molecule has 0 fully saturated rings. The highest BCUT2D eigenvalue weighted by Gasteiger charge is 2.24. The SMILES string of the molecule is CCCCCCCCCCCC(=O)N(C)C(CCC)C(=O)O. The highest BCUT2D eigenvalue weighted by molar-refractivity contribution is 5.83. The largest absolute Gasteiger partial charge is 0.480 e. The average molecular weight is 313 g/mol. The summed E-state index contributed by atoms with van der Waals surface area (Å²) in [6, 6.07) is -0.670. The Balaban J connectivity index is 3.73. The summed E-state index contributed by atoms with van der Waals surface area (Å²) in [5.41, 5.74) is 0. The maximum Gasteiger partial charge on any atom is 0.326 e. The lowest BCUT2D eigenvalue weighted by atomic mass is 10.1. The van der Waals surface area contributed by atoms with Gasteiger partial charge in [-0.05, 0) is 12.8 Å². The highest BCUT2D eigenvalue weighted by Crippen LogP contribution is 2.12. The number of carboxylic acid groups (broad SMARTS) is 1. The lowest BCUT2D eigenvalue weighted by Crippen LogP contribution is -2.42. The first-order chi connectivity index (χ1) is 10.5. The van der Waals surface area contributed by atoms with Crippen molar-refractivity contribution in [3.05, 3.63) is 0 Å². The Morgan fingerprint density at radius 3 is 1.82 bits per heavy atom. The lowest BCUT2D eigenvalue weighted by molar-refractivity contribution is -0.149. The monoisotopic (exact) mass is 313 g/mol. The van der Waals surface area contributed by atoms with E-state index in [2.05, 4.69) is 6.92 Å². The molecule has 0 aliphatic rings. The van der Waals surface area contributed by atoms with Gasteiger partial charge in [-0.2, -0.15) is 0 Å². The molecule has 22 heavy (non-hydrogen) atoms. The summed E-state index contributed by atoms with van der Waals surface area (Å²) < 4.78 is 0. The van der Waals surface area contributed by atoms with E-state index in [1.807, 2.05) is 6.92 Å². The second-order valence-electron chi connectivity index (χ2n) is 6.23. The van der Waals surface area contributed by atoms with Gasteiger partial charge in [0, 0.05) is 13.5 Å². The Kier molecular flexibility index (Phi) is 12.9. The third kappa shape index (κ3) is 9.80. The summed E-state index contributed by atoms with van der Waals surface area (Å²) in [4.78, 5) is 24.6. The van der Waals surface area contributed by atoms with Crippen molar-refractivity contribution < 1.29 is 14.7 Å². The standard InChI is InChI=1S/C18H35NO3/c1-4-6-7-8-9-10-11-12-13-15-17(20)19(3)16(14-5-2)18(21)22/h16H,4-15H2,1-3H3,(H,21,22). The number of carboxylic acids is 1. The van der Waals surface area contributed by atoms with Crippen LogP contribution in [0.3, 0.4) is 0 Å². The predicted octanol–water partition coefficient (Wildman–Crippen LogP) is 4.62. The van der Waals surface area contributed by atoms with Gasteiger partial charge in [-0.15, -0.1) is 0 Å². The van der Waals surface area contributed by atoms with Gasteiger partial charge in [-0.3, -0.25) is 4.79 Å². The van der Waals surface area contributed by atoms with Gasteiger partial charge in [0.25, 0.3) is 0 Å². The maximum absolute atomic E-state index is 12.0. The van der Waals surface area contributed by atoms with Crippen LogP contribution in [-0.4, -0.2) is 35.0 Å². The number of hydrogen-bond donors (Lipinski definition) is 1. The number of rotatable bonds is 14. The van der Waals surface area contributed by atoms with E-state index < -0.39 is 12.0 Å². The number of carbonyl (C=O) groups is 2. The van der Waals surface area contributed by atoms with E-state index >= 15 is 0 Å². The fourth-order valence-electron chi connectivity index (χ4n) is 2.69. The van der Waals surface area contributed by atoms with Crippen molar-refractivity contribution in [2.45, 2.75) is 96.9 Å². The van der Waals surface area contributed by atoms with Crippen LogP contribution < -0.4 is 0 Å². The van der Waals surface area contributed by atoms with Crippen molar-refractivity contribution in [2.24, 2.45) is 0 Å². The molecule has 0 saturated carbocycles. The molecule has 0 heterocycles. The van der Waals surface area contributed by atoms with Crippen LogP contribution in [0.1, 0.15) is 90.9 Å². The van der Waals surface area contributed by atoms with Crippen LogP contribution in [0.15, 0.2) is 0 Å². The van der Waals surface area contributed by atoms with E-state index in [0.717, 1.165) is 19.3 Å². The molecule has 4 nitrogen and oxygen atoms in total. The highest BCUT2D eigenvalue weighted by atomic mass is 16.4. The molecule has 130 valence electrons. The van der Waals surface area contributed by atoms with Crippen molar-refractivity contribution in [1.29, 1.82) is 0 Å². The fourth-order valence-corrected chi connectivity index (χ4v) is 2.69. The average Bonchev–Trinajstić information content (AvgIpc) is 2.49. The molecule has 0 bridgehead atoms. The number of hydrogen-bond acceptors (Lipinski definition) is 2. The van der Waals surface area contributed by atoms with Crippen molar-refractivity contribution in [2.75, 3.05) is 7.05 Å². The minimum Gasteiger partial charge on any atom is -0.480 e. The summed E-state index contributed by atoms with van der Waals surface area (Å²) in [7, 11) is 1.62. The Morgan fingerprint density at radius 1 is 0.864 bits per heavy atom. The van der Waals surface area contributed by atoms with Gasteiger partial charge in [0.2, 0.25) is 5.91 Å². The molecule has 0 aromatic heterocycles. The minimum absolute atomic E-state index is 0.0382. The number of aliphatic carboxylic acids is 1. The molecule has 1 amide bonds. The number of carbonyl (C=O) groups excluding carboxylic acids is 1. The van der Waals surface area contributed by atoms with Gasteiger partial charge in [-0.25, -0.2) is 4.79 Å². The Bertz CT molecular complexity index is 305. The summed E-state index contributed by atoms with van der Waals surface area (Å²) in [6.45, 7) is 4.16. The van der Waals surface area contributed by atoms with E-state index in [9.17, 15) is 9.59 Å². The second kappa shape index (κ2) is 13.6. The van der Waals surface area contributed by atoms with Crippen LogP contribution in [0.4, 0.5) is 0 Å². The van der Waals surface area contributed by atoms with Crippen LogP contribution in [0, 0.1) is 0 Å². The van der Waals surface area contributed by atoms with E-state index in [4.69, 9.17) is 5.11 Å². The number of nitrogens with zero attached hydrogens (tertiary/aromatic N) is 1. The molecule has 0 aliphatic carbocycles. The van der Waals surface area contributed by atoms with E-state index in [1.165, 1.54) is 49.8 Å².